The molecule has 0 bridgehead atoms. The number of carbonyl (C=O) groups is 1. The highest BCUT2D eigenvalue weighted by atomic mass is 79.9. The minimum absolute atomic E-state index is 0.00325. The molecule has 1 amide bonds. The van der Waals surface area contributed by atoms with Gasteiger partial charge in [0.25, 0.3) is 5.91 Å². The number of nitrogens with two attached hydrogens (primary N) is 1. The molecule has 8 heteroatoms. The lowest BCUT2D eigenvalue weighted by atomic mass is 10.2. The van der Waals surface area contributed by atoms with Crippen molar-refractivity contribution in [2.45, 2.75) is 11.8 Å². The zero-order valence-electron chi connectivity index (χ0n) is 11.4. The van der Waals surface area contributed by atoms with Gasteiger partial charge in [0.15, 0.2) is 0 Å². The van der Waals surface area contributed by atoms with Gasteiger partial charge in [-0.2, -0.15) is 0 Å². The quantitative estimate of drug-likeness (QED) is 0.849. The minimum Gasteiger partial charge on any atom is -0.319 e. The molecule has 22 heavy (non-hydrogen) atoms. The number of benzene rings is 2. The van der Waals surface area contributed by atoms with Crippen molar-refractivity contribution in [1.82, 2.24) is 0 Å². The predicted octanol–water partition coefficient (Wildman–Crippen LogP) is 2.80. The molecule has 5 nitrogen and oxygen atoms in total. The van der Waals surface area contributed by atoms with Crippen molar-refractivity contribution in [2.75, 3.05) is 5.32 Å². The van der Waals surface area contributed by atoms with Crippen LogP contribution in [0.15, 0.2) is 45.8 Å². The summed E-state index contributed by atoms with van der Waals surface area (Å²) in [6.07, 6.45) is 0. The Labute approximate surface area is 135 Å². The summed E-state index contributed by atoms with van der Waals surface area (Å²) in [5.41, 5.74) is 0.753. The molecule has 0 radical (unpaired) electrons. The molecule has 2 rings (SSSR count). The molecule has 3 N–H and O–H groups in total. The number of primary sulfonamides is 1. The van der Waals surface area contributed by atoms with Crippen LogP contribution in [-0.2, 0) is 10.0 Å². The smallest absolute Gasteiger partial charge is 0.256 e. The Bertz CT molecular complexity index is 853. The predicted molar refractivity (Wildman–Crippen MR) is 84.6 cm³/mol. The van der Waals surface area contributed by atoms with Crippen LogP contribution in [0, 0.1) is 12.7 Å². The zero-order valence-corrected chi connectivity index (χ0v) is 13.8. The number of rotatable bonds is 3. The van der Waals surface area contributed by atoms with Crippen LogP contribution in [0.1, 0.15) is 15.9 Å². The summed E-state index contributed by atoms with van der Waals surface area (Å²) >= 11 is 3.15. The molecule has 0 saturated heterocycles. The van der Waals surface area contributed by atoms with Crippen LogP contribution in [-0.4, -0.2) is 14.3 Å². The van der Waals surface area contributed by atoms with E-state index in [1.165, 1.54) is 24.3 Å². The fourth-order valence-corrected chi connectivity index (χ4v) is 2.73. The van der Waals surface area contributed by atoms with E-state index in [1.807, 2.05) is 0 Å². The van der Waals surface area contributed by atoms with Crippen molar-refractivity contribution in [3.63, 3.8) is 0 Å². The van der Waals surface area contributed by atoms with Crippen molar-refractivity contribution >= 4 is 37.5 Å². The van der Waals surface area contributed by atoms with Gasteiger partial charge in [-0.15, -0.1) is 0 Å². The molecule has 0 unspecified atom stereocenters. The average molecular weight is 387 g/mol. The first-order valence-electron chi connectivity index (χ1n) is 6.08. The largest absolute Gasteiger partial charge is 0.319 e. The summed E-state index contributed by atoms with van der Waals surface area (Å²) in [6.45, 7) is 1.72. The molecule has 0 saturated carbocycles. The van der Waals surface area contributed by atoms with Gasteiger partial charge in [0.2, 0.25) is 10.0 Å². The van der Waals surface area contributed by atoms with Gasteiger partial charge in [0.1, 0.15) is 5.82 Å². The SMILES string of the molecule is Cc1ccc(NC(=O)c2cc(S(N)(=O)=O)ccc2Br)c(F)c1. The molecule has 0 aromatic heterocycles. The van der Waals surface area contributed by atoms with E-state index in [4.69, 9.17) is 5.14 Å². The third kappa shape index (κ3) is 3.70. The van der Waals surface area contributed by atoms with E-state index >= 15 is 0 Å². The highest BCUT2D eigenvalue weighted by Crippen LogP contribution is 2.23. The summed E-state index contributed by atoms with van der Waals surface area (Å²) in [5.74, 6) is -1.23. The molecule has 0 aliphatic heterocycles. The van der Waals surface area contributed by atoms with Gasteiger partial charge in [-0.25, -0.2) is 17.9 Å². The van der Waals surface area contributed by atoms with Crippen LogP contribution in [0.25, 0.3) is 0 Å². The molecule has 116 valence electrons. The van der Waals surface area contributed by atoms with Gasteiger partial charge in [0.05, 0.1) is 16.1 Å². The van der Waals surface area contributed by atoms with Gasteiger partial charge in [-0.1, -0.05) is 6.07 Å². The Morgan fingerprint density at radius 3 is 2.50 bits per heavy atom. The third-order valence-electron chi connectivity index (χ3n) is 2.88. The maximum atomic E-state index is 13.8. The van der Waals surface area contributed by atoms with Crippen molar-refractivity contribution in [1.29, 1.82) is 0 Å². The molecule has 0 heterocycles. The molecule has 0 aliphatic rings. The van der Waals surface area contributed by atoms with E-state index in [0.717, 1.165) is 6.07 Å². The van der Waals surface area contributed by atoms with Crippen LogP contribution in [0.4, 0.5) is 10.1 Å². The number of nitrogens with one attached hydrogen (secondary N) is 1. The van der Waals surface area contributed by atoms with E-state index in [2.05, 4.69) is 21.2 Å². The summed E-state index contributed by atoms with van der Waals surface area (Å²) < 4.78 is 36.8. The third-order valence-corrected chi connectivity index (χ3v) is 4.49. The van der Waals surface area contributed by atoms with Crippen molar-refractivity contribution in [3.05, 3.63) is 57.8 Å². The Balaban J connectivity index is 2.37. The number of halogens is 2. The Morgan fingerprint density at radius 2 is 1.91 bits per heavy atom. The van der Waals surface area contributed by atoms with Crippen molar-refractivity contribution in [3.8, 4) is 0 Å². The van der Waals surface area contributed by atoms with E-state index in [1.54, 1.807) is 13.0 Å². The molecule has 0 fully saturated rings. The second-order valence-electron chi connectivity index (χ2n) is 4.62. The lowest BCUT2D eigenvalue weighted by molar-refractivity contribution is 0.102. The first-order chi connectivity index (χ1) is 10.2. The minimum atomic E-state index is -3.94. The van der Waals surface area contributed by atoms with E-state index in [9.17, 15) is 17.6 Å². The van der Waals surface area contributed by atoms with E-state index in [0.29, 0.717) is 10.0 Å². The zero-order chi connectivity index (χ0) is 16.5. The normalized spacial score (nSPS) is 11.3. The average Bonchev–Trinajstić information content (AvgIpc) is 2.41. The number of hydrogen-bond acceptors (Lipinski definition) is 3. The van der Waals surface area contributed by atoms with Gasteiger partial charge < -0.3 is 5.32 Å². The maximum absolute atomic E-state index is 13.8. The van der Waals surface area contributed by atoms with Crippen molar-refractivity contribution in [2.24, 2.45) is 5.14 Å². The van der Waals surface area contributed by atoms with Gasteiger partial charge in [-0.05, 0) is 58.7 Å². The first-order valence-corrected chi connectivity index (χ1v) is 8.42. The molecule has 2 aromatic rings. The monoisotopic (exact) mass is 386 g/mol. The molecule has 0 atom stereocenters. The summed E-state index contributed by atoms with van der Waals surface area (Å²) in [7, 11) is -3.94. The van der Waals surface area contributed by atoms with Crippen molar-refractivity contribution < 1.29 is 17.6 Å². The summed E-state index contributed by atoms with van der Waals surface area (Å²) in [4.78, 5) is 12.0. The van der Waals surface area contributed by atoms with Gasteiger partial charge >= 0.3 is 0 Å². The van der Waals surface area contributed by atoms with Crippen LogP contribution in [0.3, 0.4) is 0 Å². The standard InChI is InChI=1S/C14H12BrFN2O3S/c1-8-2-5-13(12(16)6-8)18-14(19)10-7-9(22(17,20)21)3-4-11(10)15/h2-7H,1H3,(H,18,19)(H2,17,20,21). The first kappa shape index (κ1) is 16.6. The lowest BCUT2D eigenvalue weighted by Gasteiger charge is -2.09. The molecular formula is C14H12BrFN2O3S. The van der Waals surface area contributed by atoms with Crippen LogP contribution in [0.2, 0.25) is 0 Å². The van der Waals surface area contributed by atoms with E-state index < -0.39 is 21.7 Å². The lowest BCUT2D eigenvalue weighted by Crippen LogP contribution is -2.17. The topological polar surface area (TPSA) is 89.3 Å². The number of hydrogen-bond donors (Lipinski definition) is 2. The number of sulfonamides is 1. The van der Waals surface area contributed by atoms with Gasteiger partial charge in [-0.3, -0.25) is 4.79 Å². The molecule has 0 aliphatic carbocycles. The molecule has 0 spiro atoms. The number of carbonyl (C=O) groups excluding carboxylic acids is 1. The second kappa shape index (κ2) is 6.15. The highest BCUT2D eigenvalue weighted by Gasteiger charge is 2.16. The Morgan fingerprint density at radius 1 is 1.23 bits per heavy atom. The number of amides is 1. The van der Waals surface area contributed by atoms with Crippen LogP contribution < -0.4 is 10.5 Å². The van der Waals surface area contributed by atoms with Gasteiger partial charge in [0, 0.05) is 4.47 Å². The molecular weight excluding hydrogens is 375 g/mol. The second-order valence-corrected chi connectivity index (χ2v) is 7.04. The maximum Gasteiger partial charge on any atom is 0.256 e. The Hall–Kier alpha value is -1.77. The summed E-state index contributed by atoms with van der Waals surface area (Å²) in [6, 6.07) is 8.14. The van der Waals surface area contributed by atoms with Crippen LogP contribution >= 0.6 is 15.9 Å². The fourth-order valence-electron chi connectivity index (χ4n) is 1.77. The number of anilines is 1. The number of aryl methyl sites for hydroxylation is 1. The highest BCUT2D eigenvalue weighted by molar-refractivity contribution is 9.10. The molecule has 2 aromatic carbocycles. The Kier molecular flexibility index (Phi) is 4.64. The van der Waals surface area contributed by atoms with Crippen LogP contribution in [0.5, 0.6) is 0 Å². The van der Waals surface area contributed by atoms with E-state index in [-0.39, 0.29) is 16.1 Å². The summed E-state index contributed by atoms with van der Waals surface area (Å²) in [5, 5.41) is 7.43. The fraction of sp³-hybridized carbons (Fsp3) is 0.0714.